The van der Waals surface area contributed by atoms with Gasteiger partial charge in [0.05, 0.1) is 5.97 Å². The van der Waals surface area contributed by atoms with Crippen LogP contribution in [-0.2, 0) is 4.79 Å². The van der Waals surface area contributed by atoms with Crippen molar-refractivity contribution in [2.75, 3.05) is 5.75 Å². The zero-order valence-corrected chi connectivity index (χ0v) is 8.48. The molecule has 70 valence electrons. The molecule has 2 nitrogen and oxygen atoms in total. The van der Waals surface area contributed by atoms with Gasteiger partial charge in [-0.25, -0.2) is 0 Å². The van der Waals surface area contributed by atoms with E-state index < -0.39 is 5.97 Å². The molecule has 0 N–H and O–H groups in total. The normalized spacial score (nSPS) is 10.0. The van der Waals surface area contributed by atoms with E-state index >= 15 is 0 Å². The second-order valence-electron chi connectivity index (χ2n) is 2.93. The molecule has 0 spiro atoms. The third-order valence-corrected chi connectivity index (χ3v) is 2.83. The Hall–Kier alpha value is -0.960. The highest BCUT2D eigenvalue weighted by molar-refractivity contribution is 8.00. The van der Waals surface area contributed by atoms with Gasteiger partial charge in [0.15, 0.2) is 0 Å². The van der Waals surface area contributed by atoms with Crippen LogP contribution in [0.25, 0.3) is 0 Å². The Morgan fingerprint density at radius 1 is 1.46 bits per heavy atom. The third-order valence-electron chi connectivity index (χ3n) is 1.68. The molecule has 3 heteroatoms. The summed E-state index contributed by atoms with van der Waals surface area (Å²) in [5, 5.41) is 10.2. The first kappa shape index (κ1) is 10.1. The summed E-state index contributed by atoms with van der Waals surface area (Å²) in [4.78, 5) is 11.2. The van der Waals surface area contributed by atoms with Gasteiger partial charge in [0.25, 0.3) is 0 Å². The van der Waals surface area contributed by atoms with Crippen molar-refractivity contribution < 1.29 is 9.90 Å². The van der Waals surface area contributed by atoms with Crippen LogP contribution in [0.2, 0.25) is 0 Å². The molecule has 0 fully saturated rings. The number of thioether (sulfide) groups is 1. The predicted octanol–water partition coefficient (Wildman–Crippen LogP) is 1.15. The molecule has 0 saturated carbocycles. The number of carbonyl (C=O) groups excluding carboxylic acids is 1. The van der Waals surface area contributed by atoms with Gasteiger partial charge in [-0.3, -0.25) is 0 Å². The van der Waals surface area contributed by atoms with Crippen molar-refractivity contribution in [2.45, 2.75) is 18.7 Å². The maximum Gasteiger partial charge on any atom is 0.0517 e. The fraction of sp³-hybridized carbons (Fsp3) is 0.300. The lowest BCUT2D eigenvalue weighted by molar-refractivity contribution is -0.301. The van der Waals surface area contributed by atoms with E-state index in [9.17, 15) is 9.90 Å². The zero-order valence-electron chi connectivity index (χ0n) is 7.66. The van der Waals surface area contributed by atoms with Crippen molar-refractivity contribution in [3.63, 3.8) is 0 Å². The van der Waals surface area contributed by atoms with Gasteiger partial charge < -0.3 is 9.90 Å². The molecule has 0 saturated heterocycles. The minimum absolute atomic E-state index is 0.0178. The maximum absolute atomic E-state index is 10.2. The van der Waals surface area contributed by atoms with Crippen LogP contribution in [0, 0.1) is 13.8 Å². The van der Waals surface area contributed by atoms with Crippen LogP contribution >= 0.6 is 11.8 Å². The van der Waals surface area contributed by atoms with Crippen LogP contribution in [0.3, 0.4) is 0 Å². The number of carbonyl (C=O) groups is 1. The lowest BCUT2D eigenvalue weighted by Gasteiger charge is -2.06. The molecule has 0 aliphatic heterocycles. The second-order valence-corrected chi connectivity index (χ2v) is 3.95. The van der Waals surface area contributed by atoms with Crippen LogP contribution in [0.5, 0.6) is 0 Å². The van der Waals surface area contributed by atoms with E-state index in [1.54, 1.807) is 0 Å². The first-order valence-corrected chi connectivity index (χ1v) is 4.98. The number of benzene rings is 1. The van der Waals surface area contributed by atoms with Gasteiger partial charge in [-0.15, -0.1) is 11.8 Å². The van der Waals surface area contributed by atoms with Crippen molar-refractivity contribution in [3.8, 4) is 0 Å². The van der Waals surface area contributed by atoms with Gasteiger partial charge in [-0.05, 0) is 25.5 Å². The van der Waals surface area contributed by atoms with Crippen LogP contribution < -0.4 is 5.11 Å². The van der Waals surface area contributed by atoms with E-state index in [1.165, 1.54) is 17.3 Å². The molecule has 0 aliphatic rings. The molecular weight excluding hydrogens is 184 g/mol. The van der Waals surface area contributed by atoms with Crippen LogP contribution in [-0.4, -0.2) is 11.7 Å². The molecule has 1 aromatic carbocycles. The molecule has 0 aromatic heterocycles. The predicted molar refractivity (Wildman–Crippen MR) is 51.6 cm³/mol. The first-order valence-electron chi connectivity index (χ1n) is 3.99. The SMILES string of the molecule is Cc1ccc(SCC(=O)[O-])c(C)c1. The topological polar surface area (TPSA) is 40.1 Å². The smallest absolute Gasteiger partial charge is 0.0517 e. The number of aliphatic carboxylic acids is 1. The summed E-state index contributed by atoms with van der Waals surface area (Å²) in [6.07, 6.45) is 0. The molecular formula is C10H11O2S-. The minimum Gasteiger partial charge on any atom is -0.549 e. The Morgan fingerprint density at radius 2 is 2.15 bits per heavy atom. The van der Waals surface area contributed by atoms with Crippen molar-refractivity contribution in [1.82, 2.24) is 0 Å². The standard InChI is InChI=1S/C10H12O2S/c1-7-3-4-9(8(2)5-7)13-6-10(11)12/h3-5H,6H2,1-2H3,(H,11,12)/p-1. The van der Waals surface area contributed by atoms with Crippen molar-refractivity contribution in [3.05, 3.63) is 29.3 Å². The molecule has 0 amide bonds. The van der Waals surface area contributed by atoms with Crippen molar-refractivity contribution in [1.29, 1.82) is 0 Å². The number of carboxylic acid groups (broad SMARTS) is 1. The molecule has 1 rings (SSSR count). The van der Waals surface area contributed by atoms with E-state index in [0.29, 0.717) is 0 Å². The molecule has 0 bridgehead atoms. The number of rotatable bonds is 3. The molecule has 0 atom stereocenters. The summed E-state index contributed by atoms with van der Waals surface area (Å²) in [6, 6.07) is 5.96. The number of hydrogen-bond acceptors (Lipinski definition) is 3. The molecule has 0 aliphatic carbocycles. The molecule has 1 aromatic rings. The Bertz CT molecular complexity index is 321. The molecule has 0 unspecified atom stereocenters. The monoisotopic (exact) mass is 195 g/mol. The van der Waals surface area contributed by atoms with Gasteiger partial charge in [-0.2, -0.15) is 0 Å². The van der Waals surface area contributed by atoms with E-state index in [4.69, 9.17) is 0 Å². The van der Waals surface area contributed by atoms with Crippen LogP contribution in [0.4, 0.5) is 0 Å². The molecule has 13 heavy (non-hydrogen) atoms. The van der Waals surface area contributed by atoms with E-state index in [0.717, 1.165) is 10.5 Å². The third kappa shape index (κ3) is 3.11. The number of hydrogen-bond donors (Lipinski definition) is 0. The van der Waals surface area contributed by atoms with Crippen LogP contribution in [0.1, 0.15) is 11.1 Å². The summed E-state index contributed by atoms with van der Waals surface area (Å²) >= 11 is 1.30. The maximum atomic E-state index is 10.2. The lowest BCUT2D eigenvalue weighted by atomic mass is 10.2. The zero-order chi connectivity index (χ0) is 9.84. The lowest BCUT2D eigenvalue weighted by Crippen LogP contribution is -2.24. The van der Waals surface area contributed by atoms with Crippen molar-refractivity contribution >= 4 is 17.7 Å². The minimum atomic E-state index is -1.02. The fourth-order valence-electron chi connectivity index (χ4n) is 1.10. The average molecular weight is 195 g/mol. The van der Waals surface area contributed by atoms with Crippen LogP contribution in [0.15, 0.2) is 23.1 Å². The Labute approximate surface area is 82.0 Å². The Balaban J connectivity index is 2.72. The highest BCUT2D eigenvalue weighted by Gasteiger charge is 1.98. The molecule has 0 heterocycles. The first-order chi connectivity index (χ1) is 6.09. The van der Waals surface area contributed by atoms with Gasteiger partial charge >= 0.3 is 0 Å². The van der Waals surface area contributed by atoms with Gasteiger partial charge in [0, 0.05) is 10.6 Å². The number of aryl methyl sites for hydroxylation is 2. The van der Waals surface area contributed by atoms with Gasteiger partial charge in [-0.1, -0.05) is 17.7 Å². The highest BCUT2D eigenvalue weighted by Crippen LogP contribution is 2.22. The van der Waals surface area contributed by atoms with E-state index in [1.807, 2.05) is 32.0 Å². The summed E-state index contributed by atoms with van der Waals surface area (Å²) in [7, 11) is 0. The quantitative estimate of drug-likeness (QED) is 0.679. The summed E-state index contributed by atoms with van der Waals surface area (Å²) < 4.78 is 0. The second kappa shape index (κ2) is 4.33. The summed E-state index contributed by atoms with van der Waals surface area (Å²) in [5.41, 5.74) is 2.31. The summed E-state index contributed by atoms with van der Waals surface area (Å²) in [6.45, 7) is 3.99. The Morgan fingerprint density at radius 3 is 2.69 bits per heavy atom. The summed E-state index contributed by atoms with van der Waals surface area (Å²) in [5.74, 6) is -1.01. The Kier molecular flexibility index (Phi) is 3.37. The largest absolute Gasteiger partial charge is 0.549 e. The van der Waals surface area contributed by atoms with E-state index in [-0.39, 0.29) is 5.75 Å². The van der Waals surface area contributed by atoms with E-state index in [2.05, 4.69) is 0 Å². The van der Waals surface area contributed by atoms with Crippen molar-refractivity contribution in [2.24, 2.45) is 0 Å². The number of carboxylic acids is 1. The van der Waals surface area contributed by atoms with Gasteiger partial charge in [0.1, 0.15) is 0 Å². The van der Waals surface area contributed by atoms with Gasteiger partial charge in [0.2, 0.25) is 0 Å². The fourth-order valence-corrected chi connectivity index (χ4v) is 1.82. The molecule has 0 radical (unpaired) electrons. The average Bonchev–Trinajstić information content (AvgIpc) is 2.02. The highest BCUT2D eigenvalue weighted by atomic mass is 32.2.